The molecule has 2 aromatic heterocycles. The zero-order valence-electron chi connectivity index (χ0n) is 15.8. The van der Waals surface area contributed by atoms with Gasteiger partial charge in [-0.1, -0.05) is 11.6 Å². The molecule has 3 aromatic rings. The number of nitrogens with one attached hydrogen (secondary N) is 2. The maximum atomic E-state index is 12.5. The Labute approximate surface area is 175 Å². The molecule has 0 bridgehead atoms. The van der Waals surface area contributed by atoms with Crippen molar-refractivity contribution in [3.8, 4) is 5.95 Å². The second-order valence-corrected chi connectivity index (χ2v) is 6.85. The lowest BCUT2D eigenvalue weighted by atomic mass is 10.1. The van der Waals surface area contributed by atoms with Crippen LogP contribution in [0.1, 0.15) is 39.5 Å². The molecule has 4 rings (SSSR count). The third-order valence-corrected chi connectivity index (χ3v) is 4.79. The van der Waals surface area contributed by atoms with Gasteiger partial charge in [0.1, 0.15) is 6.33 Å². The molecule has 0 aliphatic carbocycles. The monoisotopic (exact) mass is 426 g/mol. The van der Waals surface area contributed by atoms with Crippen molar-refractivity contribution in [2.24, 2.45) is 0 Å². The first-order chi connectivity index (χ1) is 14.4. The van der Waals surface area contributed by atoms with Gasteiger partial charge in [-0.2, -0.15) is 9.78 Å². The maximum Gasteiger partial charge on any atom is 0.319 e. The molecule has 2 N–H and O–H groups in total. The standard InChI is InChI=1S/C18H15ClN8O3/c1-9(14-22-8-23-27(14)17-20-4-3-5-21-17)24-18(30)25-13-7-11-10(6-12(13)19)15(28)26(2)16(11)29/h3-9H,1-2H3,(H2,24,25,30). The van der Waals surface area contributed by atoms with E-state index in [1.54, 1.807) is 25.4 Å². The summed E-state index contributed by atoms with van der Waals surface area (Å²) in [6.45, 7) is 1.71. The molecule has 0 spiro atoms. The van der Waals surface area contributed by atoms with Gasteiger partial charge >= 0.3 is 6.03 Å². The molecule has 11 nitrogen and oxygen atoms in total. The molecular formula is C18H15ClN8O3. The summed E-state index contributed by atoms with van der Waals surface area (Å²) in [7, 11) is 1.38. The topological polar surface area (TPSA) is 135 Å². The Bertz CT molecular complexity index is 1160. The van der Waals surface area contributed by atoms with Gasteiger partial charge in [0.15, 0.2) is 5.82 Å². The van der Waals surface area contributed by atoms with Crippen molar-refractivity contribution in [3.63, 3.8) is 0 Å². The average Bonchev–Trinajstić information content (AvgIpc) is 3.30. The van der Waals surface area contributed by atoms with Crippen LogP contribution in [0.15, 0.2) is 36.9 Å². The molecule has 1 atom stereocenters. The van der Waals surface area contributed by atoms with E-state index in [0.29, 0.717) is 11.8 Å². The van der Waals surface area contributed by atoms with E-state index < -0.39 is 23.9 Å². The van der Waals surface area contributed by atoms with Crippen LogP contribution in [-0.4, -0.2) is 54.5 Å². The minimum Gasteiger partial charge on any atom is -0.328 e. The smallest absolute Gasteiger partial charge is 0.319 e. The van der Waals surface area contributed by atoms with Gasteiger partial charge in [-0.25, -0.2) is 19.7 Å². The Kier molecular flexibility index (Phi) is 4.88. The zero-order valence-corrected chi connectivity index (χ0v) is 16.6. The summed E-state index contributed by atoms with van der Waals surface area (Å²) >= 11 is 6.19. The number of aromatic nitrogens is 5. The number of anilines is 1. The molecular weight excluding hydrogens is 412 g/mol. The van der Waals surface area contributed by atoms with Crippen molar-refractivity contribution in [1.82, 2.24) is 34.9 Å². The number of rotatable bonds is 4. The summed E-state index contributed by atoms with van der Waals surface area (Å²) < 4.78 is 1.41. The van der Waals surface area contributed by atoms with E-state index in [0.717, 1.165) is 4.90 Å². The van der Waals surface area contributed by atoms with Gasteiger partial charge in [0.2, 0.25) is 0 Å². The molecule has 0 radical (unpaired) electrons. The number of urea groups is 1. The minimum atomic E-state index is -0.585. The van der Waals surface area contributed by atoms with Gasteiger partial charge in [-0.05, 0) is 25.1 Å². The number of fused-ring (bicyclic) bond motifs is 1. The first-order valence-electron chi connectivity index (χ1n) is 8.77. The zero-order chi connectivity index (χ0) is 21.4. The van der Waals surface area contributed by atoms with E-state index in [2.05, 4.69) is 30.7 Å². The lowest BCUT2D eigenvalue weighted by molar-refractivity contribution is 0.0693. The van der Waals surface area contributed by atoms with Crippen molar-refractivity contribution < 1.29 is 14.4 Å². The number of amides is 4. The molecule has 0 saturated heterocycles. The van der Waals surface area contributed by atoms with E-state index in [4.69, 9.17) is 11.6 Å². The van der Waals surface area contributed by atoms with Crippen LogP contribution in [0.3, 0.4) is 0 Å². The Morgan fingerprint density at radius 3 is 2.47 bits per heavy atom. The quantitative estimate of drug-likeness (QED) is 0.607. The van der Waals surface area contributed by atoms with Gasteiger partial charge < -0.3 is 10.6 Å². The van der Waals surface area contributed by atoms with E-state index >= 15 is 0 Å². The third kappa shape index (κ3) is 3.35. The number of halogens is 1. The third-order valence-electron chi connectivity index (χ3n) is 4.48. The van der Waals surface area contributed by atoms with Crippen molar-refractivity contribution in [2.75, 3.05) is 12.4 Å². The SMILES string of the molecule is CC(NC(=O)Nc1cc2c(cc1Cl)C(=O)N(C)C2=O)c1ncnn1-c1ncccn1. The van der Waals surface area contributed by atoms with Crippen LogP contribution >= 0.6 is 11.6 Å². The summed E-state index contributed by atoms with van der Waals surface area (Å²) in [6, 6.07) is 3.28. The first-order valence-corrected chi connectivity index (χ1v) is 9.15. The number of imide groups is 1. The summed E-state index contributed by atoms with van der Waals surface area (Å²) in [4.78, 5) is 50.1. The highest BCUT2D eigenvalue weighted by Gasteiger charge is 2.34. The molecule has 1 aromatic carbocycles. The second-order valence-electron chi connectivity index (χ2n) is 6.45. The van der Waals surface area contributed by atoms with E-state index in [1.807, 2.05) is 0 Å². The highest BCUT2D eigenvalue weighted by molar-refractivity contribution is 6.35. The normalized spacial score (nSPS) is 13.9. The molecule has 12 heteroatoms. The van der Waals surface area contributed by atoms with Crippen molar-refractivity contribution in [3.05, 3.63) is 58.9 Å². The van der Waals surface area contributed by atoms with Gasteiger partial charge in [-0.3, -0.25) is 14.5 Å². The number of nitrogens with zero attached hydrogens (tertiary/aromatic N) is 6. The van der Waals surface area contributed by atoms with E-state index in [1.165, 1.54) is 30.2 Å². The highest BCUT2D eigenvalue weighted by atomic mass is 35.5. The fraction of sp³-hybridized carbons (Fsp3) is 0.167. The largest absolute Gasteiger partial charge is 0.328 e. The van der Waals surface area contributed by atoms with E-state index in [9.17, 15) is 14.4 Å². The number of benzene rings is 1. The molecule has 1 unspecified atom stereocenters. The average molecular weight is 427 g/mol. The molecule has 3 heterocycles. The Hall–Kier alpha value is -3.86. The molecule has 0 saturated carbocycles. The number of carbonyl (C=O) groups is 3. The number of hydrogen-bond donors (Lipinski definition) is 2. The molecule has 0 fully saturated rings. The first kappa shape index (κ1) is 19.5. The van der Waals surface area contributed by atoms with Crippen LogP contribution < -0.4 is 10.6 Å². The summed E-state index contributed by atoms with van der Waals surface area (Å²) in [5.74, 6) is -0.171. The van der Waals surface area contributed by atoms with Crippen LogP contribution in [0.4, 0.5) is 10.5 Å². The van der Waals surface area contributed by atoms with Crippen molar-refractivity contribution in [2.45, 2.75) is 13.0 Å². The van der Waals surface area contributed by atoms with Crippen LogP contribution in [0.2, 0.25) is 5.02 Å². The molecule has 152 valence electrons. The maximum absolute atomic E-state index is 12.5. The Balaban J connectivity index is 1.51. The van der Waals surface area contributed by atoms with Gasteiger partial charge in [-0.15, -0.1) is 0 Å². The van der Waals surface area contributed by atoms with Crippen molar-refractivity contribution >= 4 is 35.1 Å². The van der Waals surface area contributed by atoms with Crippen LogP contribution in [0.5, 0.6) is 0 Å². The van der Waals surface area contributed by atoms with Gasteiger partial charge in [0.05, 0.1) is 27.9 Å². The van der Waals surface area contributed by atoms with Crippen LogP contribution in [-0.2, 0) is 0 Å². The van der Waals surface area contributed by atoms with Gasteiger partial charge in [0, 0.05) is 19.4 Å². The van der Waals surface area contributed by atoms with Crippen LogP contribution in [0.25, 0.3) is 5.95 Å². The Morgan fingerprint density at radius 2 is 1.77 bits per heavy atom. The van der Waals surface area contributed by atoms with E-state index in [-0.39, 0.29) is 21.8 Å². The molecule has 1 aliphatic heterocycles. The fourth-order valence-electron chi connectivity index (χ4n) is 3.00. The van der Waals surface area contributed by atoms with Crippen molar-refractivity contribution in [1.29, 1.82) is 0 Å². The molecule has 4 amide bonds. The predicted octanol–water partition coefficient (Wildman–Crippen LogP) is 1.82. The lowest BCUT2D eigenvalue weighted by Crippen LogP contribution is -2.33. The summed E-state index contributed by atoms with van der Waals surface area (Å²) in [5, 5.41) is 9.53. The Morgan fingerprint density at radius 1 is 1.10 bits per heavy atom. The second kappa shape index (κ2) is 7.52. The highest BCUT2D eigenvalue weighted by Crippen LogP contribution is 2.31. The van der Waals surface area contributed by atoms with Gasteiger partial charge in [0.25, 0.3) is 17.8 Å². The fourth-order valence-corrected chi connectivity index (χ4v) is 3.21. The predicted molar refractivity (Wildman–Crippen MR) is 105 cm³/mol. The summed E-state index contributed by atoms with van der Waals surface area (Å²) in [6.07, 6.45) is 4.47. The number of carbonyl (C=O) groups excluding carboxylic acids is 3. The lowest BCUT2D eigenvalue weighted by Gasteiger charge is -2.15. The van der Waals surface area contributed by atoms with Crippen LogP contribution in [0, 0.1) is 0 Å². The molecule has 1 aliphatic rings. The minimum absolute atomic E-state index is 0.133. The molecule has 30 heavy (non-hydrogen) atoms. The summed E-state index contributed by atoms with van der Waals surface area (Å²) in [5.41, 5.74) is 0.573. The number of hydrogen-bond acceptors (Lipinski definition) is 7.